The molecule has 0 fully saturated rings. The highest BCUT2D eigenvalue weighted by Crippen LogP contribution is 2.24. The quantitative estimate of drug-likeness (QED) is 0.741. The Kier molecular flexibility index (Phi) is 7.21. The summed E-state index contributed by atoms with van der Waals surface area (Å²) in [6, 6.07) is 6.55. The molecule has 0 amide bonds. The van der Waals surface area contributed by atoms with E-state index in [1.165, 1.54) is 11.3 Å². The van der Waals surface area contributed by atoms with Crippen LogP contribution in [0.5, 0.6) is 0 Å². The standard InChI is InChI=1S/C15H25ClN2O/c1-12(2)17-11-13-6-7-14(16)10-15(13)18(3)8-5-9-19-4/h6-7,10,12,17H,5,8-9,11H2,1-4H3. The average Bonchev–Trinajstić information content (AvgIpc) is 2.37. The van der Waals surface area contributed by atoms with Crippen LogP contribution < -0.4 is 10.2 Å². The van der Waals surface area contributed by atoms with Crippen molar-refractivity contribution in [2.45, 2.75) is 32.9 Å². The van der Waals surface area contributed by atoms with Crippen molar-refractivity contribution < 1.29 is 4.74 Å². The van der Waals surface area contributed by atoms with E-state index >= 15 is 0 Å². The molecule has 0 bridgehead atoms. The fourth-order valence-electron chi connectivity index (χ4n) is 1.92. The molecule has 1 aromatic carbocycles. The van der Waals surface area contributed by atoms with Crippen LogP contribution in [0.15, 0.2) is 18.2 Å². The predicted molar refractivity (Wildman–Crippen MR) is 83.2 cm³/mol. The fraction of sp³-hybridized carbons (Fsp3) is 0.600. The zero-order valence-corrected chi connectivity index (χ0v) is 13.1. The summed E-state index contributed by atoms with van der Waals surface area (Å²) >= 11 is 6.11. The van der Waals surface area contributed by atoms with Crippen molar-refractivity contribution in [3.8, 4) is 0 Å². The van der Waals surface area contributed by atoms with Gasteiger partial charge in [0.05, 0.1) is 0 Å². The lowest BCUT2D eigenvalue weighted by molar-refractivity contribution is 0.196. The molecule has 0 saturated carbocycles. The lowest BCUT2D eigenvalue weighted by Crippen LogP contribution is -2.25. The minimum Gasteiger partial charge on any atom is -0.385 e. The van der Waals surface area contributed by atoms with Gasteiger partial charge in [0.25, 0.3) is 0 Å². The maximum Gasteiger partial charge on any atom is 0.0479 e. The van der Waals surface area contributed by atoms with E-state index in [2.05, 4.69) is 37.2 Å². The molecular formula is C15H25ClN2O. The Balaban J connectivity index is 2.74. The highest BCUT2D eigenvalue weighted by atomic mass is 35.5. The van der Waals surface area contributed by atoms with Crippen LogP contribution in [-0.4, -0.2) is 33.4 Å². The van der Waals surface area contributed by atoms with Crippen LogP contribution in [0.25, 0.3) is 0 Å². The molecule has 4 heteroatoms. The van der Waals surface area contributed by atoms with E-state index in [0.717, 1.165) is 31.1 Å². The first kappa shape index (κ1) is 16.3. The maximum absolute atomic E-state index is 6.11. The van der Waals surface area contributed by atoms with Gasteiger partial charge in [-0.2, -0.15) is 0 Å². The maximum atomic E-state index is 6.11. The van der Waals surface area contributed by atoms with Gasteiger partial charge in [0.2, 0.25) is 0 Å². The van der Waals surface area contributed by atoms with E-state index in [1.807, 2.05) is 12.1 Å². The largest absolute Gasteiger partial charge is 0.385 e. The van der Waals surface area contributed by atoms with Crippen molar-refractivity contribution >= 4 is 17.3 Å². The summed E-state index contributed by atoms with van der Waals surface area (Å²) in [5.74, 6) is 0. The number of nitrogens with one attached hydrogen (secondary N) is 1. The van der Waals surface area contributed by atoms with E-state index in [0.29, 0.717) is 6.04 Å². The molecule has 0 aliphatic carbocycles. The number of hydrogen-bond acceptors (Lipinski definition) is 3. The number of anilines is 1. The lowest BCUT2D eigenvalue weighted by atomic mass is 10.1. The van der Waals surface area contributed by atoms with Crippen LogP contribution in [-0.2, 0) is 11.3 Å². The molecule has 0 spiro atoms. The van der Waals surface area contributed by atoms with Gasteiger partial charge < -0.3 is 15.0 Å². The van der Waals surface area contributed by atoms with Crippen molar-refractivity contribution in [1.82, 2.24) is 5.32 Å². The second kappa shape index (κ2) is 8.41. The Hall–Kier alpha value is -0.770. The topological polar surface area (TPSA) is 24.5 Å². The molecule has 0 aromatic heterocycles. The summed E-state index contributed by atoms with van der Waals surface area (Å²) in [4.78, 5) is 2.24. The zero-order valence-electron chi connectivity index (χ0n) is 12.4. The molecule has 0 heterocycles. The molecule has 1 N–H and O–H groups in total. The Morgan fingerprint density at radius 2 is 2.11 bits per heavy atom. The van der Waals surface area contributed by atoms with Crippen molar-refractivity contribution in [1.29, 1.82) is 0 Å². The molecule has 1 rings (SSSR count). The number of halogens is 1. The Labute approximate surface area is 121 Å². The molecule has 0 aliphatic heterocycles. The Bertz CT molecular complexity index is 382. The third-order valence-corrected chi connectivity index (χ3v) is 3.24. The van der Waals surface area contributed by atoms with Crippen LogP contribution in [0.3, 0.4) is 0 Å². The third-order valence-electron chi connectivity index (χ3n) is 3.00. The molecule has 1 aromatic rings. The SMILES string of the molecule is COCCCN(C)c1cc(Cl)ccc1CNC(C)C. The normalized spacial score (nSPS) is 11.1. The second-order valence-corrected chi connectivity index (χ2v) is 5.51. The minimum absolute atomic E-state index is 0.474. The van der Waals surface area contributed by atoms with Crippen LogP contribution in [0.1, 0.15) is 25.8 Å². The highest BCUT2D eigenvalue weighted by molar-refractivity contribution is 6.30. The van der Waals surface area contributed by atoms with Crippen LogP contribution in [0.2, 0.25) is 5.02 Å². The number of nitrogens with zero attached hydrogens (tertiary/aromatic N) is 1. The van der Waals surface area contributed by atoms with Crippen molar-refractivity contribution in [2.24, 2.45) is 0 Å². The summed E-state index contributed by atoms with van der Waals surface area (Å²) in [7, 11) is 3.83. The number of benzene rings is 1. The van der Waals surface area contributed by atoms with Gasteiger partial charge in [0.15, 0.2) is 0 Å². The molecular weight excluding hydrogens is 260 g/mol. The Morgan fingerprint density at radius 3 is 2.74 bits per heavy atom. The lowest BCUT2D eigenvalue weighted by Gasteiger charge is -2.23. The summed E-state index contributed by atoms with van der Waals surface area (Å²) in [5, 5.41) is 4.23. The number of rotatable bonds is 8. The van der Waals surface area contributed by atoms with E-state index in [4.69, 9.17) is 16.3 Å². The smallest absolute Gasteiger partial charge is 0.0479 e. The molecule has 3 nitrogen and oxygen atoms in total. The predicted octanol–water partition coefficient (Wildman–Crippen LogP) is 3.31. The summed E-state index contributed by atoms with van der Waals surface area (Å²) in [5.41, 5.74) is 2.47. The molecule has 0 radical (unpaired) electrons. The third kappa shape index (κ3) is 5.81. The van der Waals surface area contributed by atoms with Gasteiger partial charge in [-0.3, -0.25) is 0 Å². The molecule has 0 aliphatic rings. The van der Waals surface area contributed by atoms with Crippen LogP contribution >= 0.6 is 11.6 Å². The van der Waals surface area contributed by atoms with Gasteiger partial charge in [-0.15, -0.1) is 0 Å². The van der Waals surface area contributed by atoms with Gasteiger partial charge in [0.1, 0.15) is 0 Å². The molecule has 0 saturated heterocycles. The Morgan fingerprint density at radius 1 is 1.37 bits per heavy atom. The number of methoxy groups -OCH3 is 1. The summed E-state index contributed by atoms with van der Waals surface area (Å²) in [6.07, 6.45) is 1.01. The van der Waals surface area contributed by atoms with E-state index in [9.17, 15) is 0 Å². The fourth-order valence-corrected chi connectivity index (χ4v) is 2.09. The zero-order chi connectivity index (χ0) is 14.3. The summed E-state index contributed by atoms with van der Waals surface area (Å²) < 4.78 is 5.10. The van der Waals surface area contributed by atoms with Crippen molar-refractivity contribution in [2.75, 3.05) is 32.2 Å². The highest BCUT2D eigenvalue weighted by Gasteiger charge is 2.08. The van der Waals surface area contributed by atoms with Gasteiger partial charge in [-0.25, -0.2) is 0 Å². The average molecular weight is 285 g/mol. The first-order valence-electron chi connectivity index (χ1n) is 6.76. The van der Waals surface area contributed by atoms with Gasteiger partial charge in [-0.1, -0.05) is 31.5 Å². The van der Waals surface area contributed by atoms with Gasteiger partial charge in [0, 0.05) is 50.6 Å². The van der Waals surface area contributed by atoms with E-state index < -0.39 is 0 Å². The first-order chi connectivity index (χ1) is 9.04. The second-order valence-electron chi connectivity index (χ2n) is 5.08. The molecule has 0 atom stereocenters. The first-order valence-corrected chi connectivity index (χ1v) is 7.14. The minimum atomic E-state index is 0.474. The van der Waals surface area contributed by atoms with E-state index in [-0.39, 0.29) is 0 Å². The molecule has 108 valence electrons. The van der Waals surface area contributed by atoms with Crippen molar-refractivity contribution in [3.63, 3.8) is 0 Å². The number of hydrogen-bond donors (Lipinski definition) is 1. The monoisotopic (exact) mass is 284 g/mol. The van der Waals surface area contributed by atoms with E-state index in [1.54, 1.807) is 7.11 Å². The number of ether oxygens (including phenoxy) is 1. The van der Waals surface area contributed by atoms with Gasteiger partial charge >= 0.3 is 0 Å². The van der Waals surface area contributed by atoms with Crippen molar-refractivity contribution in [3.05, 3.63) is 28.8 Å². The molecule has 19 heavy (non-hydrogen) atoms. The molecule has 0 unspecified atom stereocenters. The van der Waals surface area contributed by atoms with Gasteiger partial charge in [-0.05, 0) is 24.1 Å². The van der Waals surface area contributed by atoms with Crippen LogP contribution in [0.4, 0.5) is 5.69 Å². The van der Waals surface area contributed by atoms with Crippen LogP contribution in [0, 0.1) is 0 Å². The summed E-state index contributed by atoms with van der Waals surface area (Å²) in [6.45, 7) is 6.90.